The highest BCUT2D eigenvalue weighted by Gasteiger charge is 2.21. The summed E-state index contributed by atoms with van der Waals surface area (Å²) in [6, 6.07) is 21.0. The van der Waals surface area contributed by atoms with Gasteiger partial charge in [0, 0.05) is 30.2 Å². The van der Waals surface area contributed by atoms with Crippen LogP contribution in [0.5, 0.6) is 5.88 Å². The minimum absolute atomic E-state index is 0.000607. The van der Waals surface area contributed by atoms with Crippen LogP contribution in [0, 0.1) is 19.3 Å². The van der Waals surface area contributed by atoms with Gasteiger partial charge >= 0.3 is 5.97 Å². The van der Waals surface area contributed by atoms with Crippen LogP contribution in [0.1, 0.15) is 45.7 Å². The number of carbonyl (C=O) groups is 1. The van der Waals surface area contributed by atoms with E-state index in [0.29, 0.717) is 24.4 Å². The fraction of sp³-hybridized carbons (Fsp3) is 0.235. The highest BCUT2D eigenvalue weighted by Crippen LogP contribution is 2.28. The molecule has 216 valence electrons. The molecule has 0 spiro atoms. The molecule has 1 N–H and O–H groups in total. The molecule has 0 radical (unpaired) electrons. The molecule has 0 saturated carbocycles. The lowest BCUT2D eigenvalue weighted by molar-refractivity contribution is 0.0697. The molecule has 8 nitrogen and oxygen atoms in total. The van der Waals surface area contributed by atoms with E-state index in [1.807, 2.05) is 25.1 Å². The van der Waals surface area contributed by atoms with E-state index in [1.54, 1.807) is 36.4 Å². The molecule has 3 heterocycles. The molecular weight excluding hydrogens is 547 g/mol. The van der Waals surface area contributed by atoms with Gasteiger partial charge in [0.25, 0.3) is 0 Å². The van der Waals surface area contributed by atoms with Crippen LogP contribution in [0.3, 0.4) is 0 Å². The van der Waals surface area contributed by atoms with Crippen LogP contribution in [-0.4, -0.2) is 38.3 Å². The summed E-state index contributed by atoms with van der Waals surface area (Å²) in [5, 5.41) is 9.55. The first kappa shape index (κ1) is 28.1. The molecule has 1 saturated heterocycles. The minimum Gasteiger partial charge on any atom is -0.478 e. The zero-order chi connectivity index (χ0) is 29.9. The van der Waals surface area contributed by atoms with Crippen LogP contribution in [-0.2, 0) is 24.3 Å². The Bertz CT molecular complexity index is 1870. The third-order valence-electron chi connectivity index (χ3n) is 7.74. The van der Waals surface area contributed by atoms with Crippen LogP contribution in [0.15, 0.2) is 72.8 Å². The van der Waals surface area contributed by atoms with Gasteiger partial charge in [0.2, 0.25) is 5.88 Å². The van der Waals surface area contributed by atoms with Gasteiger partial charge in [-0.05, 0) is 67.3 Å². The first-order valence-corrected chi connectivity index (χ1v) is 14.1. The van der Waals surface area contributed by atoms with Crippen LogP contribution in [0.4, 0.5) is 10.1 Å². The van der Waals surface area contributed by atoms with E-state index in [-0.39, 0.29) is 24.0 Å². The molecule has 0 bridgehead atoms. The Balaban J connectivity index is 1.23. The number of rotatable bonds is 9. The number of aromatic carboxylic acids is 1. The molecule has 2 aromatic heterocycles. The Hall–Kier alpha value is -5.07. The van der Waals surface area contributed by atoms with Gasteiger partial charge in [0.1, 0.15) is 18.2 Å². The molecule has 1 aliphatic heterocycles. The second kappa shape index (κ2) is 12.0. The summed E-state index contributed by atoms with van der Waals surface area (Å²) in [6.07, 6.45) is 2.62. The van der Waals surface area contributed by atoms with E-state index in [1.165, 1.54) is 6.07 Å². The SMILES string of the molecule is [C-]#[N+]c1ccc(COc2cccc(-c3ccc(Cc4nc5ccc(C(=O)O)cc5n4CC4CCCO4)c(C)c3)n2)c(F)c1. The van der Waals surface area contributed by atoms with Crippen molar-refractivity contribution < 1.29 is 23.8 Å². The van der Waals surface area contributed by atoms with E-state index in [2.05, 4.69) is 26.5 Å². The number of ether oxygens (including phenoxy) is 2. The van der Waals surface area contributed by atoms with Crippen LogP contribution in [0.25, 0.3) is 27.1 Å². The molecule has 43 heavy (non-hydrogen) atoms. The van der Waals surface area contributed by atoms with E-state index in [9.17, 15) is 14.3 Å². The number of fused-ring (bicyclic) bond motifs is 1. The van der Waals surface area contributed by atoms with Crippen molar-refractivity contribution in [3.8, 4) is 17.1 Å². The summed E-state index contributed by atoms with van der Waals surface area (Å²) < 4.78 is 28.1. The van der Waals surface area contributed by atoms with E-state index < -0.39 is 11.8 Å². The number of pyridine rings is 1. The number of hydrogen-bond acceptors (Lipinski definition) is 5. The number of benzene rings is 3. The minimum atomic E-state index is -0.967. The van der Waals surface area contributed by atoms with Crippen molar-refractivity contribution in [1.29, 1.82) is 0 Å². The lowest BCUT2D eigenvalue weighted by atomic mass is 10.0. The Kier molecular flexibility index (Phi) is 7.86. The standard InChI is InChI=1S/C34H29FN4O4/c1-21-15-23(29-6-3-7-33(38-29)43-20-25-10-12-26(36-2)18-28(25)35)9-8-22(21)17-32-37-30-13-11-24(34(40)41)16-31(30)39(32)19-27-5-4-14-42-27/h3,6-13,15-16,18,27H,4-5,14,17,19-20H2,1H3,(H,40,41). The van der Waals surface area contributed by atoms with Crippen molar-refractivity contribution in [3.63, 3.8) is 0 Å². The summed E-state index contributed by atoms with van der Waals surface area (Å²) >= 11 is 0. The largest absolute Gasteiger partial charge is 0.478 e. The summed E-state index contributed by atoms with van der Waals surface area (Å²) in [6.45, 7) is 10.4. The van der Waals surface area contributed by atoms with E-state index in [0.717, 1.165) is 58.7 Å². The summed E-state index contributed by atoms with van der Waals surface area (Å²) in [7, 11) is 0. The third kappa shape index (κ3) is 6.10. The van der Waals surface area contributed by atoms with E-state index >= 15 is 0 Å². The number of carboxylic acid groups (broad SMARTS) is 1. The van der Waals surface area contributed by atoms with Gasteiger partial charge in [-0.15, -0.1) is 0 Å². The zero-order valence-electron chi connectivity index (χ0n) is 23.6. The van der Waals surface area contributed by atoms with Crippen LogP contribution >= 0.6 is 0 Å². The number of hydrogen-bond donors (Lipinski definition) is 1. The molecule has 1 aliphatic rings. The second-order valence-electron chi connectivity index (χ2n) is 10.6. The maximum atomic E-state index is 14.3. The lowest BCUT2D eigenvalue weighted by Gasteiger charge is -2.15. The topological polar surface area (TPSA) is 90.8 Å². The predicted molar refractivity (Wildman–Crippen MR) is 160 cm³/mol. The highest BCUT2D eigenvalue weighted by molar-refractivity contribution is 5.92. The average molecular weight is 577 g/mol. The zero-order valence-corrected chi connectivity index (χ0v) is 23.6. The Labute approximate surface area is 248 Å². The second-order valence-corrected chi connectivity index (χ2v) is 10.6. The van der Waals surface area contributed by atoms with Crippen molar-refractivity contribution in [2.75, 3.05) is 6.61 Å². The maximum absolute atomic E-state index is 14.3. The van der Waals surface area contributed by atoms with Gasteiger partial charge in [0.05, 0.1) is 41.5 Å². The summed E-state index contributed by atoms with van der Waals surface area (Å²) in [4.78, 5) is 24.4. The first-order valence-electron chi connectivity index (χ1n) is 14.1. The smallest absolute Gasteiger partial charge is 0.335 e. The Morgan fingerprint density at radius 1 is 1.12 bits per heavy atom. The molecule has 1 unspecified atom stereocenters. The monoisotopic (exact) mass is 576 g/mol. The van der Waals surface area contributed by atoms with Gasteiger partial charge in [-0.2, -0.15) is 0 Å². The molecule has 1 fully saturated rings. The van der Waals surface area contributed by atoms with Crippen LogP contribution < -0.4 is 4.74 Å². The molecular formula is C34H29FN4O4. The van der Waals surface area contributed by atoms with E-state index in [4.69, 9.17) is 21.0 Å². The molecule has 0 amide bonds. The fourth-order valence-electron chi connectivity index (χ4n) is 5.39. The van der Waals surface area contributed by atoms with Crippen molar-refractivity contribution in [1.82, 2.24) is 14.5 Å². The molecule has 3 aromatic carbocycles. The number of aromatic nitrogens is 3. The number of aryl methyl sites for hydroxylation is 1. The fourth-order valence-corrected chi connectivity index (χ4v) is 5.39. The van der Waals surface area contributed by atoms with Crippen molar-refractivity contribution in [2.24, 2.45) is 0 Å². The molecule has 9 heteroatoms. The van der Waals surface area contributed by atoms with Gasteiger partial charge < -0.3 is 19.1 Å². The maximum Gasteiger partial charge on any atom is 0.335 e. The van der Waals surface area contributed by atoms with Gasteiger partial charge in [-0.1, -0.05) is 30.3 Å². The molecule has 6 rings (SSSR count). The Morgan fingerprint density at radius 3 is 2.72 bits per heavy atom. The summed E-state index contributed by atoms with van der Waals surface area (Å²) in [5.74, 6) is -0.224. The van der Waals surface area contributed by atoms with Crippen molar-refractivity contribution in [2.45, 2.75) is 45.4 Å². The normalized spacial score (nSPS) is 14.6. The molecule has 0 aliphatic carbocycles. The molecule has 5 aromatic rings. The van der Waals surface area contributed by atoms with Gasteiger partial charge in [-0.25, -0.2) is 24.0 Å². The van der Waals surface area contributed by atoms with Gasteiger partial charge in [0.15, 0.2) is 5.69 Å². The molecule has 1 atom stereocenters. The first-order chi connectivity index (χ1) is 20.9. The highest BCUT2D eigenvalue weighted by atomic mass is 19.1. The lowest BCUT2D eigenvalue weighted by Crippen LogP contribution is -2.17. The quantitative estimate of drug-likeness (QED) is 0.188. The van der Waals surface area contributed by atoms with Crippen molar-refractivity contribution in [3.05, 3.63) is 118 Å². The number of nitrogens with zero attached hydrogens (tertiary/aromatic N) is 4. The predicted octanol–water partition coefficient (Wildman–Crippen LogP) is 7.14. The number of halogens is 1. The van der Waals surface area contributed by atoms with Gasteiger partial charge in [-0.3, -0.25) is 0 Å². The van der Waals surface area contributed by atoms with Crippen molar-refractivity contribution >= 4 is 22.7 Å². The number of imidazole rings is 1. The van der Waals surface area contributed by atoms with Crippen LogP contribution in [0.2, 0.25) is 0 Å². The Morgan fingerprint density at radius 2 is 1.98 bits per heavy atom. The number of carboxylic acids is 1. The third-order valence-corrected chi connectivity index (χ3v) is 7.74. The summed E-state index contributed by atoms with van der Waals surface area (Å²) in [5.41, 5.74) is 6.18. The average Bonchev–Trinajstić information content (AvgIpc) is 3.65.